The minimum Gasteiger partial charge on any atom is -0.493 e. The zero-order valence-electron chi connectivity index (χ0n) is 14.1. The van der Waals surface area contributed by atoms with E-state index in [9.17, 15) is 0 Å². The molecule has 1 atom stereocenters. The van der Waals surface area contributed by atoms with E-state index in [0.717, 1.165) is 43.5 Å². The first-order valence-electron chi connectivity index (χ1n) is 8.04. The van der Waals surface area contributed by atoms with Gasteiger partial charge in [-0.15, -0.1) is 0 Å². The van der Waals surface area contributed by atoms with Crippen molar-refractivity contribution in [3.63, 3.8) is 0 Å². The molecule has 0 saturated carbocycles. The molecule has 1 aromatic carbocycles. The molecule has 1 aliphatic rings. The first-order valence-corrected chi connectivity index (χ1v) is 8.42. The molecule has 1 N–H and O–H groups in total. The Morgan fingerprint density at radius 3 is 3.00 bits per heavy atom. The molecular weight excluding hydrogens is 314 g/mol. The molecule has 2 rings (SSSR count). The van der Waals surface area contributed by atoms with Crippen molar-refractivity contribution < 1.29 is 9.47 Å². The van der Waals surface area contributed by atoms with Crippen LogP contribution in [-0.2, 0) is 11.3 Å². The lowest BCUT2D eigenvalue weighted by molar-refractivity contribution is 0.181. The Bertz CT molecular complexity index is 531. The first kappa shape index (κ1) is 17.9. The molecule has 0 amide bonds. The Balaban J connectivity index is 1.94. The molecular formula is C17H26ClN3O2. The fourth-order valence-corrected chi connectivity index (χ4v) is 2.89. The van der Waals surface area contributed by atoms with Gasteiger partial charge >= 0.3 is 0 Å². The van der Waals surface area contributed by atoms with Crippen molar-refractivity contribution in [2.45, 2.75) is 19.9 Å². The van der Waals surface area contributed by atoms with Crippen molar-refractivity contribution in [2.75, 3.05) is 40.5 Å². The molecule has 1 aliphatic heterocycles. The monoisotopic (exact) mass is 339 g/mol. The summed E-state index contributed by atoms with van der Waals surface area (Å²) in [6, 6.07) is 5.71. The second-order valence-electron chi connectivity index (χ2n) is 5.70. The van der Waals surface area contributed by atoms with Crippen molar-refractivity contribution in [1.82, 2.24) is 10.2 Å². The summed E-state index contributed by atoms with van der Waals surface area (Å²) < 4.78 is 11.1. The molecule has 1 unspecified atom stereocenters. The third-order valence-corrected chi connectivity index (χ3v) is 4.13. The van der Waals surface area contributed by atoms with Crippen molar-refractivity contribution in [3.8, 4) is 5.75 Å². The summed E-state index contributed by atoms with van der Waals surface area (Å²) in [6.07, 6.45) is 1.12. The highest BCUT2D eigenvalue weighted by Gasteiger charge is 2.19. The van der Waals surface area contributed by atoms with E-state index in [0.29, 0.717) is 24.1 Å². The molecule has 0 aromatic heterocycles. The van der Waals surface area contributed by atoms with Crippen LogP contribution >= 0.6 is 11.6 Å². The Morgan fingerprint density at radius 2 is 2.35 bits per heavy atom. The van der Waals surface area contributed by atoms with Crippen LogP contribution < -0.4 is 10.1 Å². The van der Waals surface area contributed by atoms with Crippen LogP contribution in [0.5, 0.6) is 5.75 Å². The lowest BCUT2D eigenvalue weighted by Crippen LogP contribution is -2.41. The van der Waals surface area contributed by atoms with E-state index in [-0.39, 0.29) is 0 Å². The maximum atomic E-state index is 6.04. The summed E-state index contributed by atoms with van der Waals surface area (Å²) in [6.45, 7) is 5.88. The molecule has 128 valence electrons. The highest BCUT2D eigenvalue weighted by atomic mass is 35.5. The Hall–Kier alpha value is -1.46. The quantitative estimate of drug-likeness (QED) is 0.639. The molecule has 0 aliphatic carbocycles. The van der Waals surface area contributed by atoms with Crippen LogP contribution in [0.25, 0.3) is 0 Å². The number of hydrogen-bond acceptors (Lipinski definition) is 3. The number of hydrogen-bond donors (Lipinski definition) is 1. The third-order valence-electron chi connectivity index (χ3n) is 3.90. The maximum absolute atomic E-state index is 6.04. The van der Waals surface area contributed by atoms with Crippen LogP contribution in [0.4, 0.5) is 0 Å². The highest BCUT2D eigenvalue weighted by molar-refractivity contribution is 6.30. The van der Waals surface area contributed by atoms with Crippen LogP contribution in [0, 0.1) is 5.92 Å². The van der Waals surface area contributed by atoms with E-state index in [1.165, 1.54) is 0 Å². The van der Waals surface area contributed by atoms with Gasteiger partial charge in [-0.05, 0) is 25.5 Å². The van der Waals surface area contributed by atoms with Crippen LogP contribution in [0.1, 0.15) is 18.9 Å². The second-order valence-corrected chi connectivity index (χ2v) is 6.13. The SMILES string of the molecule is CCOc1cc(Cl)ccc1CNC(=NC)N(C)CC1CCOC1. The number of ether oxygens (including phenoxy) is 2. The minimum absolute atomic E-state index is 0.577. The van der Waals surface area contributed by atoms with Gasteiger partial charge in [0.25, 0.3) is 0 Å². The number of guanidine groups is 1. The average Bonchev–Trinajstić information content (AvgIpc) is 3.03. The van der Waals surface area contributed by atoms with Crippen molar-refractivity contribution in [1.29, 1.82) is 0 Å². The minimum atomic E-state index is 0.577. The van der Waals surface area contributed by atoms with Gasteiger partial charge in [-0.1, -0.05) is 17.7 Å². The average molecular weight is 340 g/mol. The van der Waals surface area contributed by atoms with E-state index in [4.69, 9.17) is 21.1 Å². The lowest BCUT2D eigenvalue weighted by atomic mass is 10.1. The number of benzene rings is 1. The van der Waals surface area contributed by atoms with Gasteiger partial charge in [0.1, 0.15) is 5.75 Å². The summed E-state index contributed by atoms with van der Waals surface area (Å²) in [7, 11) is 3.86. The number of nitrogens with one attached hydrogen (secondary N) is 1. The predicted molar refractivity (Wildman–Crippen MR) is 94.4 cm³/mol. The van der Waals surface area contributed by atoms with Gasteiger partial charge in [-0.2, -0.15) is 0 Å². The maximum Gasteiger partial charge on any atom is 0.193 e. The fourth-order valence-electron chi connectivity index (χ4n) is 2.72. The van der Waals surface area contributed by atoms with Crippen LogP contribution in [0.2, 0.25) is 5.02 Å². The van der Waals surface area contributed by atoms with Gasteiger partial charge in [-0.25, -0.2) is 0 Å². The van der Waals surface area contributed by atoms with Crippen molar-refractivity contribution in [2.24, 2.45) is 10.9 Å². The molecule has 5 nitrogen and oxygen atoms in total. The first-order chi connectivity index (χ1) is 11.1. The summed E-state index contributed by atoms with van der Waals surface area (Å²) in [5, 5.41) is 4.07. The molecule has 1 saturated heterocycles. The van der Waals surface area contributed by atoms with E-state index in [1.807, 2.05) is 25.1 Å². The molecule has 6 heteroatoms. The number of rotatable bonds is 6. The standard InChI is InChI=1S/C17H26ClN3O2/c1-4-23-16-9-15(18)6-5-14(16)10-20-17(19-2)21(3)11-13-7-8-22-12-13/h5-6,9,13H,4,7-8,10-12H2,1-3H3,(H,19,20). The van der Waals surface area contributed by atoms with Gasteiger partial charge in [0.15, 0.2) is 5.96 Å². The zero-order chi connectivity index (χ0) is 16.7. The molecule has 1 aromatic rings. The smallest absolute Gasteiger partial charge is 0.193 e. The molecule has 0 bridgehead atoms. The molecule has 0 spiro atoms. The summed E-state index contributed by atoms with van der Waals surface area (Å²) in [5.74, 6) is 2.26. The molecule has 1 heterocycles. The number of nitrogens with zero attached hydrogens (tertiary/aromatic N) is 2. The normalized spacial score (nSPS) is 18.1. The molecule has 1 fully saturated rings. The molecule has 23 heavy (non-hydrogen) atoms. The Labute approximate surface area is 143 Å². The fraction of sp³-hybridized carbons (Fsp3) is 0.588. The van der Waals surface area contributed by atoms with Crippen molar-refractivity contribution >= 4 is 17.6 Å². The van der Waals surface area contributed by atoms with E-state index in [1.54, 1.807) is 7.05 Å². The Morgan fingerprint density at radius 1 is 1.52 bits per heavy atom. The third kappa shape index (κ3) is 5.29. The van der Waals surface area contributed by atoms with Gasteiger partial charge in [0.05, 0.1) is 13.2 Å². The topological polar surface area (TPSA) is 46.1 Å². The van der Waals surface area contributed by atoms with Gasteiger partial charge in [0, 0.05) is 50.3 Å². The van der Waals surface area contributed by atoms with E-state index in [2.05, 4.69) is 22.3 Å². The molecule has 0 radical (unpaired) electrons. The number of halogens is 1. The predicted octanol–water partition coefficient (Wildman–Crippen LogP) is 2.78. The van der Waals surface area contributed by atoms with Gasteiger partial charge < -0.3 is 19.7 Å². The second kappa shape index (κ2) is 8.99. The van der Waals surface area contributed by atoms with Gasteiger partial charge in [0.2, 0.25) is 0 Å². The highest BCUT2D eigenvalue weighted by Crippen LogP contribution is 2.23. The Kier molecular flexibility index (Phi) is 6.99. The summed E-state index contributed by atoms with van der Waals surface area (Å²) in [4.78, 5) is 6.51. The largest absolute Gasteiger partial charge is 0.493 e. The van der Waals surface area contributed by atoms with E-state index < -0.39 is 0 Å². The van der Waals surface area contributed by atoms with Crippen LogP contribution in [0.3, 0.4) is 0 Å². The van der Waals surface area contributed by atoms with Crippen LogP contribution in [-0.4, -0.2) is 51.3 Å². The van der Waals surface area contributed by atoms with Gasteiger partial charge in [-0.3, -0.25) is 4.99 Å². The number of aliphatic imine (C=N–C) groups is 1. The van der Waals surface area contributed by atoms with Crippen LogP contribution in [0.15, 0.2) is 23.2 Å². The van der Waals surface area contributed by atoms with E-state index >= 15 is 0 Å². The lowest BCUT2D eigenvalue weighted by Gasteiger charge is -2.24. The summed E-state index contributed by atoms with van der Waals surface area (Å²) >= 11 is 6.04. The summed E-state index contributed by atoms with van der Waals surface area (Å²) in [5.41, 5.74) is 1.06. The zero-order valence-corrected chi connectivity index (χ0v) is 14.9. The van der Waals surface area contributed by atoms with Crippen molar-refractivity contribution in [3.05, 3.63) is 28.8 Å².